The Morgan fingerprint density at radius 1 is 1.32 bits per heavy atom. The first-order valence-electron chi connectivity index (χ1n) is 7.95. The van der Waals surface area contributed by atoms with Crippen LogP contribution in [0.3, 0.4) is 0 Å². The molecule has 1 saturated heterocycles. The van der Waals surface area contributed by atoms with Crippen LogP contribution in [0.15, 0.2) is 24.3 Å². The van der Waals surface area contributed by atoms with Gasteiger partial charge in [0.25, 0.3) is 0 Å². The molecule has 2 atom stereocenters. The Balaban J connectivity index is 1.89. The first-order valence-corrected chi connectivity index (χ1v) is 7.95. The highest BCUT2D eigenvalue weighted by Crippen LogP contribution is 2.12. The number of esters is 1. The molecule has 2 rings (SSSR count). The average molecular weight is 305 g/mol. The van der Waals surface area contributed by atoms with E-state index in [0.717, 1.165) is 38.2 Å². The number of anilines is 1. The molecule has 0 aliphatic carbocycles. The second-order valence-electron chi connectivity index (χ2n) is 5.85. The summed E-state index contributed by atoms with van der Waals surface area (Å²) >= 11 is 0. The maximum Gasteiger partial charge on any atom is 0.314 e. The molecule has 1 heterocycles. The zero-order valence-corrected chi connectivity index (χ0v) is 13.4. The van der Waals surface area contributed by atoms with Crippen molar-refractivity contribution >= 4 is 17.6 Å². The number of rotatable bonds is 5. The van der Waals surface area contributed by atoms with E-state index in [2.05, 4.69) is 5.32 Å². The Kier molecular flexibility index (Phi) is 5.95. The number of carbonyl (C=O) groups is 2. The SMILES string of the molecule is CCOC(=O)[C@H]1CCC[NH+](Cc2ccc(NC(C)=O)cc2)C1. The van der Waals surface area contributed by atoms with Crippen molar-refractivity contribution in [2.24, 2.45) is 5.92 Å². The molecule has 22 heavy (non-hydrogen) atoms. The molecule has 5 nitrogen and oxygen atoms in total. The summed E-state index contributed by atoms with van der Waals surface area (Å²) in [5.74, 6) is -0.0882. The zero-order valence-electron chi connectivity index (χ0n) is 13.4. The number of hydrogen-bond acceptors (Lipinski definition) is 3. The van der Waals surface area contributed by atoms with Gasteiger partial charge in [-0.1, -0.05) is 12.1 Å². The normalized spacial score (nSPS) is 21.2. The van der Waals surface area contributed by atoms with E-state index in [4.69, 9.17) is 4.74 Å². The van der Waals surface area contributed by atoms with Crippen LogP contribution in [0.4, 0.5) is 5.69 Å². The van der Waals surface area contributed by atoms with Crippen LogP contribution >= 0.6 is 0 Å². The number of benzene rings is 1. The summed E-state index contributed by atoms with van der Waals surface area (Å²) in [6.45, 7) is 6.63. The second kappa shape index (κ2) is 7.94. The molecule has 1 aromatic rings. The van der Waals surface area contributed by atoms with E-state index in [-0.39, 0.29) is 17.8 Å². The predicted octanol–water partition coefficient (Wildman–Crippen LogP) is 1.00. The van der Waals surface area contributed by atoms with Gasteiger partial charge >= 0.3 is 5.97 Å². The summed E-state index contributed by atoms with van der Waals surface area (Å²) in [6.07, 6.45) is 1.99. The van der Waals surface area contributed by atoms with Crippen LogP contribution in [-0.4, -0.2) is 31.6 Å². The summed E-state index contributed by atoms with van der Waals surface area (Å²) in [5.41, 5.74) is 2.03. The molecule has 1 fully saturated rings. The summed E-state index contributed by atoms with van der Waals surface area (Å²) < 4.78 is 5.14. The fraction of sp³-hybridized carbons (Fsp3) is 0.529. The lowest BCUT2D eigenvalue weighted by molar-refractivity contribution is -0.921. The molecule has 0 saturated carbocycles. The third-order valence-corrected chi connectivity index (χ3v) is 3.97. The van der Waals surface area contributed by atoms with Gasteiger partial charge in [-0.05, 0) is 31.9 Å². The molecular weight excluding hydrogens is 280 g/mol. The van der Waals surface area contributed by atoms with Gasteiger partial charge in [-0.15, -0.1) is 0 Å². The van der Waals surface area contributed by atoms with E-state index in [1.165, 1.54) is 17.4 Å². The molecule has 5 heteroatoms. The standard InChI is InChI=1S/C17H24N2O3/c1-3-22-17(21)15-5-4-10-19(12-15)11-14-6-8-16(9-7-14)18-13(2)20/h6-9,15H,3-5,10-12H2,1-2H3,(H,18,20)/p+1/t15-/m0/s1. The maximum absolute atomic E-state index is 11.9. The van der Waals surface area contributed by atoms with Gasteiger partial charge in [0.15, 0.2) is 0 Å². The summed E-state index contributed by atoms with van der Waals surface area (Å²) in [7, 11) is 0. The molecule has 1 aromatic carbocycles. The highest BCUT2D eigenvalue weighted by Gasteiger charge is 2.29. The summed E-state index contributed by atoms with van der Waals surface area (Å²) in [6, 6.07) is 7.91. The van der Waals surface area contributed by atoms with E-state index in [1.807, 2.05) is 31.2 Å². The van der Waals surface area contributed by atoms with Gasteiger partial charge in [-0.2, -0.15) is 0 Å². The lowest BCUT2D eigenvalue weighted by Gasteiger charge is -2.28. The van der Waals surface area contributed by atoms with E-state index in [0.29, 0.717) is 6.61 Å². The predicted molar refractivity (Wildman–Crippen MR) is 84.5 cm³/mol. The highest BCUT2D eigenvalue weighted by atomic mass is 16.5. The van der Waals surface area contributed by atoms with Crippen molar-refractivity contribution in [3.05, 3.63) is 29.8 Å². The molecular formula is C17H25N2O3+. The van der Waals surface area contributed by atoms with Crippen molar-refractivity contribution in [1.29, 1.82) is 0 Å². The Bertz CT molecular complexity index is 513. The van der Waals surface area contributed by atoms with Gasteiger partial charge in [-0.25, -0.2) is 0 Å². The topological polar surface area (TPSA) is 59.8 Å². The minimum atomic E-state index is -0.0633. The monoisotopic (exact) mass is 305 g/mol. The molecule has 0 aromatic heterocycles. The van der Waals surface area contributed by atoms with Gasteiger partial charge in [0, 0.05) is 18.2 Å². The maximum atomic E-state index is 11.9. The van der Waals surface area contributed by atoms with Crippen molar-refractivity contribution < 1.29 is 19.2 Å². The highest BCUT2D eigenvalue weighted by molar-refractivity contribution is 5.88. The smallest absolute Gasteiger partial charge is 0.314 e. The van der Waals surface area contributed by atoms with Crippen molar-refractivity contribution in [3.8, 4) is 0 Å². The second-order valence-corrected chi connectivity index (χ2v) is 5.85. The van der Waals surface area contributed by atoms with Gasteiger partial charge in [0.2, 0.25) is 5.91 Å². The number of amides is 1. The number of carbonyl (C=O) groups excluding carboxylic acids is 2. The number of hydrogen-bond donors (Lipinski definition) is 2. The van der Waals surface area contributed by atoms with Crippen molar-refractivity contribution in [3.63, 3.8) is 0 Å². The molecule has 1 aliphatic rings. The molecule has 120 valence electrons. The zero-order chi connectivity index (χ0) is 15.9. The molecule has 1 aliphatic heterocycles. The Morgan fingerprint density at radius 2 is 2.05 bits per heavy atom. The van der Waals surface area contributed by atoms with Gasteiger partial charge in [0.1, 0.15) is 12.5 Å². The van der Waals surface area contributed by atoms with Crippen LogP contribution in [0.5, 0.6) is 0 Å². The third-order valence-electron chi connectivity index (χ3n) is 3.97. The molecule has 0 bridgehead atoms. The molecule has 0 radical (unpaired) electrons. The quantitative estimate of drug-likeness (QED) is 0.798. The fourth-order valence-corrected chi connectivity index (χ4v) is 2.97. The average Bonchev–Trinajstić information content (AvgIpc) is 2.49. The fourth-order valence-electron chi connectivity index (χ4n) is 2.97. The van der Waals surface area contributed by atoms with Crippen molar-refractivity contribution in [2.45, 2.75) is 33.2 Å². The van der Waals surface area contributed by atoms with Gasteiger partial charge in [-0.3, -0.25) is 9.59 Å². The van der Waals surface area contributed by atoms with E-state index in [9.17, 15) is 9.59 Å². The van der Waals surface area contributed by atoms with E-state index in [1.54, 1.807) is 0 Å². The number of likely N-dealkylation sites (tertiary alicyclic amines) is 1. The summed E-state index contributed by atoms with van der Waals surface area (Å²) in [4.78, 5) is 24.3. The van der Waals surface area contributed by atoms with Crippen LogP contribution in [0.1, 0.15) is 32.3 Å². The minimum absolute atomic E-state index is 0.0300. The third kappa shape index (κ3) is 4.84. The molecule has 0 spiro atoms. The number of ether oxygens (including phenoxy) is 1. The van der Waals surface area contributed by atoms with Gasteiger partial charge in [0.05, 0.1) is 19.7 Å². The minimum Gasteiger partial charge on any atom is -0.466 e. The first-order chi connectivity index (χ1) is 10.6. The Hall–Kier alpha value is -1.88. The van der Waals surface area contributed by atoms with Gasteiger partial charge < -0.3 is 15.0 Å². The Labute approximate surface area is 131 Å². The number of quaternary nitrogens is 1. The number of nitrogens with one attached hydrogen (secondary N) is 2. The van der Waals surface area contributed by atoms with E-state index < -0.39 is 0 Å². The van der Waals surface area contributed by atoms with Crippen molar-refractivity contribution in [2.75, 3.05) is 25.0 Å². The van der Waals surface area contributed by atoms with Crippen LogP contribution in [-0.2, 0) is 20.9 Å². The molecule has 1 amide bonds. The van der Waals surface area contributed by atoms with Crippen molar-refractivity contribution in [1.82, 2.24) is 0 Å². The van der Waals surface area contributed by atoms with Crippen LogP contribution in [0.25, 0.3) is 0 Å². The lowest BCUT2D eigenvalue weighted by atomic mass is 9.97. The van der Waals surface area contributed by atoms with Crippen LogP contribution < -0.4 is 10.2 Å². The lowest BCUT2D eigenvalue weighted by Crippen LogP contribution is -3.12. The van der Waals surface area contributed by atoms with E-state index >= 15 is 0 Å². The Morgan fingerprint density at radius 3 is 2.68 bits per heavy atom. The number of piperidine rings is 1. The molecule has 2 N–H and O–H groups in total. The molecule has 1 unspecified atom stereocenters. The summed E-state index contributed by atoms with van der Waals surface area (Å²) in [5, 5.41) is 2.76. The van der Waals surface area contributed by atoms with Crippen LogP contribution in [0.2, 0.25) is 0 Å². The first kappa shape index (κ1) is 16.5. The largest absolute Gasteiger partial charge is 0.466 e. The van der Waals surface area contributed by atoms with Crippen LogP contribution in [0, 0.1) is 5.92 Å².